The molecule has 0 radical (unpaired) electrons. The summed E-state index contributed by atoms with van der Waals surface area (Å²) in [5, 5.41) is 8.04. The molecule has 0 saturated carbocycles. The summed E-state index contributed by atoms with van der Waals surface area (Å²) in [5.41, 5.74) is 4.59. The smallest absolute Gasteiger partial charge is 0.123 e. The van der Waals surface area contributed by atoms with Crippen molar-refractivity contribution in [1.29, 1.82) is 0 Å². The number of benzene rings is 1. The van der Waals surface area contributed by atoms with Gasteiger partial charge >= 0.3 is 0 Å². The molecule has 0 aliphatic heterocycles. The van der Waals surface area contributed by atoms with Crippen LogP contribution in [0.4, 0.5) is 4.39 Å². The fourth-order valence-corrected chi connectivity index (χ4v) is 2.66. The average molecular weight is 289 g/mol. The highest BCUT2D eigenvalue weighted by molar-refractivity contribution is 5.24. The number of aromatic nitrogens is 2. The Hall–Kier alpha value is -1.68. The maximum absolute atomic E-state index is 13.2. The van der Waals surface area contributed by atoms with Gasteiger partial charge in [-0.05, 0) is 51.8 Å². The summed E-state index contributed by atoms with van der Waals surface area (Å²) < 4.78 is 15.2. The molecule has 0 aliphatic carbocycles. The molecule has 1 atom stereocenters. The van der Waals surface area contributed by atoms with Gasteiger partial charge in [-0.2, -0.15) is 5.10 Å². The third kappa shape index (κ3) is 3.91. The Kier molecular flexibility index (Phi) is 5.12. The van der Waals surface area contributed by atoms with Crippen molar-refractivity contribution in [3.63, 3.8) is 0 Å². The van der Waals surface area contributed by atoms with Gasteiger partial charge < -0.3 is 5.32 Å². The van der Waals surface area contributed by atoms with Crippen molar-refractivity contribution < 1.29 is 4.39 Å². The Labute approximate surface area is 126 Å². The standard InChI is InChI=1S/C17H24FN3/c1-5-21-14(4)17(13(3)20-21)11-19-12(2)9-15-7-6-8-16(18)10-15/h6-8,10,12,19H,5,9,11H2,1-4H3. The van der Waals surface area contributed by atoms with Crippen molar-refractivity contribution in [2.24, 2.45) is 0 Å². The molecule has 2 rings (SSSR count). The van der Waals surface area contributed by atoms with E-state index in [-0.39, 0.29) is 11.9 Å². The van der Waals surface area contributed by atoms with Crippen molar-refractivity contribution in [2.45, 2.75) is 53.2 Å². The predicted molar refractivity (Wildman–Crippen MR) is 83.8 cm³/mol. The number of rotatable bonds is 6. The molecular weight excluding hydrogens is 265 g/mol. The number of nitrogens with one attached hydrogen (secondary N) is 1. The first-order chi connectivity index (χ1) is 10.0. The fourth-order valence-electron chi connectivity index (χ4n) is 2.66. The Bertz CT molecular complexity index is 604. The summed E-state index contributed by atoms with van der Waals surface area (Å²) in [6, 6.07) is 7.09. The average Bonchev–Trinajstić information content (AvgIpc) is 2.71. The van der Waals surface area contributed by atoms with E-state index < -0.39 is 0 Å². The van der Waals surface area contributed by atoms with Crippen LogP contribution in [0.5, 0.6) is 0 Å². The van der Waals surface area contributed by atoms with Gasteiger partial charge in [0.05, 0.1) is 5.69 Å². The number of nitrogens with zero attached hydrogens (tertiary/aromatic N) is 2. The highest BCUT2D eigenvalue weighted by Crippen LogP contribution is 2.13. The second-order valence-corrected chi connectivity index (χ2v) is 5.58. The molecular formula is C17H24FN3. The minimum absolute atomic E-state index is 0.171. The molecule has 0 amide bonds. The third-order valence-electron chi connectivity index (χ3n) is 3.89. The highest BCUT2D eigenvalue weighted by Gasteiger charge is 2.11. The van der Waals surface area contributed by atoms with E-state index in [1.807, 2.05) is 17.7 Å². The van der Waals surface area contributed by atoms with Crippen molar-refractivity contribution >= 4 is 0 Å². The minimum Gasteiger partial charge on any atom is -0.310 e. The molecule has 2 aromatic rings. The fraction of sp³-hybridized carbons (Fsp3) is 0.471. The van der Waals surface area contributed by atoms with Crippen molar-refractivity contribution in [3.8, 4) is 0 Å². The van der Waals surface area contributed by atoms with Crippen LogP contribution in [-0.2, 0) is 19.5 Å². The zero-order valence-electron chi connectivity index (χ0n) is 13.3. The normalized spacial score (nSPS) is 12.6. The van der Waals surface area contributed by atoms with Crippen LogP contribution in [0.15, 0.2) is 24.3 Å². The molecule has 0 spiro atoms. The monoisotopic (exact) mass is 289 g/mol. The van der Waals surface area contributed by atoms with Gasteiger partial charge in [-0.15, -0.1) is 0 Å². The molecule has 1 heterocycles. The third-order valence-corrected chi connectivity index (χ3v) is 3.89. The van der Waals surface area contributed by atoms with E-state index in [0.717, 1.165) is 30.8 Å². The summed E-state index contributed by atoms with van der Waals surface area (Å²) in [6.45, 7) is 10.1. The molecule has 21 heavy (non-hydrogen) atoms. The van der Waals surface area contributed by atoms with Gasteiger partial charge in [0, 0.05) is 30.4 Å². The Morgan fingerprint density at radius 3 is 2.71 bits per heavy atom. The van der Waals surface area contributed by atoms with Crippen LogP contribution in [0.2, 0.25) is 0 Å². The van der Waals surface area contributed by atoms with Crippen LogP contribution in [0.1, 0.15) is 36.4 Å². The SMILES string of the molecule is CCn1nc(C)c(CNC(C)Cc2cccc(F)c2)c1C. The Morgan fingerprint density at radius 1 is 1.33 bits per heavy atom. The summed E-state index contributed by atoms with van der Waals surface area (Å²) >= 11 is 0. The summed E-state index contributed by atoms with van der Waals surface area (Å²) in [5.74, 6) is -0.171. The lowest BCUT2D eigenvalue weighted by atomic mass is 10.1. The van der Waals surface area contributed by atoms with Gasteiger partial charge in [-0.1, -0.05) is 12.1 Å². The topological polar surface area (TPSA) is 29.9 Å². The van der Waals surface area contributed by atoms with Crippen molar-refractivity contribution in [2.75, 3.05) is 0 Å². The van der Waals surface area contributed by atoms with Crippen LogP contribution in [0.25, 0.3) is 0 Å². The second-order valence-electron chi connectivity index (χ2n) is 5.58. The van der Waals surface area contributed by atoms with E-state index in [2.05, 4.69) is 31.2 Å². The lowest BCUT2D eigenvalue weighted by Crippen LogP contribution is -2.28. The van der Waals surface area contributed by atoms with E-state index in [9.17, 15) is 4.39 Å². The first-order valence-electron chi connectivity index (χ1n) is 7.52. The maximum Gasteiger partial charge on any atom is 0.123 e. The Balaban J connectivity index is 1.95. The van der Waals surface area contributed by atoms with Gasteiger partial charge in [-0.25, -0.2) is 4.39 Å². The van der Waals surface area contributed by atoms with Crippen LogP contribution in [0.3, 0.4) is 0 Å². The van der Waals surface area contributed by atoms with Crippen LogP contribution in [-0.4, -0.2) is 15.8 Å². The van der Waals surface area contributed by atoms with Gasteiger partial charge in [-0.3, -0.25) is 4.68 Å². The Morgan fingerprint density at radius 2 is 2.10 bits per heavy atom. The second kappa shape index (κ2) is 6.85. The van der Waals surface area contributed by atoms with Gasteiger partial charge in [0.1, 0.15) is 5.82 Å². The molecule has 114 valence electrons. The maximum atomic E-state index is 13.2. The molecule has 1 aromatic heterocycles. The van der Waals surface area contributed by atoms with E-state index in [0.29, 0.717) is 0 Å². The van der Waals surface area contributed by atoms with Crippen LogP contribution >= 0.6 is 0 Å². The quantitative estimate of drug-likeness (QED) is 0.883. The zero-order chi connectivity index (χ0) is 15.4. The first kappa shape index (κ1) is 15.7. The molecule has 1 N–H and O–H groups in total. The van der Waals surface area contributed by atoms with Crippen LogP contribution in [0, 0.1) is 19.7 Å². The van der Waals surface area contributed by atoms with Gasteiger partial charge in [0.25, 0.3) is 0 Å². The highest BCUT2D eigenvalue weighted by atomic mass is 19.1. The van der Waals surface area contributed by atoms with Crippen molar-refractivity contribution in [3.05, 3.63) is 52.6 Å². The summed E-state index contributed by atoms with van der Waals surface area (Å²) in [4.78, 5) is 0. The van der Waals surface area contributed by atoms with Crippen LogP contribution < -0.4 is 5.32 Å². The minimum atomic E-state index is -0.171. The van der Waals surface area contributed by atoms with E-state index in [4.69, 9.17) is 0 Å². The van der Waals surface area contributed by atoms with Gasteiger partial charge in [0.2, 0.25) is 0 Å². The number of aryl methyl sites for hydroxylation is 2. The van der Waals surface area contributed by atoms with E-state index in [1.54, 1.807) is 12.1 Å². The first-order valence-corrected chi connectivity index (χ1v) is 7.52. The van der Waals surface area contributed by atoms with Gasteiger partial charge in [0.15, 0.2) is 0 Å². The summed E-state index contributed by atoms with van der Waals surface area (Å²) in [7, 11) is 0. The molecule has 0 saturated heterocycles. The van der Waals surface area contributed by atoms with E-state index in [1.165, 1.54) is 17.3 Å². The summed E-state index contributed by atoms with van der Waals surface area (Å²) in [6.07, 6.45) is 0.817. The number of halogens is 1. The molecule has 0 aliphatic rings. The molecule has 0 bridgehead atoms. The lowest BCUT2D eigenvalue weighted by Gasteiger charge is -2.14. The number of hydrogen-bond acceptors (Lipinski definition) is 2. The van der Waals surface area contributed by atoms with E-state index >= 15 is 0 Å². The molecule has 1 aromatic carbocycles. The molecule has 4 heteroatoms. The molecule has 3 nitrogen and oxygen atoms in total. The lowest BCUT2D eigenvalue weighted by molar-refractivity contribution is 0.540. The zero-order valence-corrected chi connectivity index (χ0v) is 13.3. The predicted octanol–water partition coefficient (Wildman–Crippen LogP) is 3.38. The van der Waals surface area contributed by atoms with Crippen molar-refractivity contribution in [1.82, 2.24) is 15.1 Å². The number of hydrogen-bond donors (Lipinski definition) is 1. The molecule has 1 unspecified atom stereocenters. The molecule has 0 fully saturated rings. The largest absolute Gasteiger partial charge is 0.310 e.